The molecular formula is C35H49N5O8S. The fourth-order valence-corrected chi connectivity index (χ4v) is 7.88. The maximum absolute atomic E-state index is 14.4. The molecule has 13 nitrogen and oxygen atoms in total. The molecule has 2 aliphatic carbocycles. The lowest BCUT2D eigenvalue weighted by Crippen LogP contribution is -2.61. The zero-order valence-electron chi connectivity index (χ0n) is 29.3. The molecule has 2 saturated carbocycles. The number of sulfonamides is 1. The van der Waals surface area contributed by atoms with Gasteiger partial charge in [0.2, 0.25) is 27.7 Å². The summed E-state index contributed by atoms with van der Waals surface area (Å²) in [5.74, 6) is -1.17. The standard InChI is InChI=1S/C35H49N5O8S/c1-9-22-18-35(22,31(43)39-49(45,46)24-13-14-24)38-28(41)25-17-23(47-29-26-20(2)11-10-12-21(26)15-16-36-29)19-40(25)30(42)27(33(3,4)5)37-32(44)48-34(6,7)8/h9-12,15-16,22-25,27,31,39,43H,1,13-14,17-19H2,2-8H3,(H,37,44)(H,38,41)/t22?,23?,25-,27?,31?,35+/m0/s1. The van der Waals surface area contributed by atoms with E-state index in [1.54, 1.807) is 53.8 Å². The number of rotatable bonds is 11. The third-order valence-electron chi connectivity index (χ3n) is 9.29. The maximum Gasteiger partial charge on any atom is 0.408 e. The number of fused-ring (bicyclic) bond motifs is 1. The van der Waals surface area contributed by atoms with Gasteiger partial charge < -0.3 is 30.1 Å². The Morgan fingerprint density at radius 2 is 1.84 bits per heavy atom. The lowest BCUT2D eigenvalue weighted by Gasteiger charge is -2.36. The maximum atomic E-state index is 14.4. The van der Waals surface area contributed by atoms with E-state index in [1.807, 2.05) is 31.2 Å². The van der Waals surface area contributed by atoms with Crippen LogP contribution in [0, 0.1) is 18.3 Å². The number of amides is 3. The SMILES string of the molecule is C=CC1C[C@]1(NC(=O)[C@@H]1CC(Oc2nccc3cccc(C)c23)CN1C(=O)C(NC(=O)OC(C)(C)C)C(C)(C)C)C(O)NS(=O)(=O)C1CC1. The fourth-order valence-electron chi connectivity index (χ4n) is 6.41. The largest absolute Gasteiger partial charge is 0.472 e. The number of aromatic nitrogens is 1. The Morgan fingerprint density at radius 1 is 1.14 bits per heavy atom. The molecule has 14 heteroatoms. The topological polar surface area (TPSA) is 176 Å². The van der Waals surface area contributed by atoms with Crippen molar-refractivity contribution in [1.29, 1.82) is 0 Å². The highest BCUT2D eigenvalue weighted by Gasteiger charge is 2.61. The van der Waals surface area contributed by atoms with Gasteiger partial charge in [-0.05, 0) is 69.4 Å². The van der Waals surface area contributed by atoms with E-state index in [9.17, 15) is 27.9 Å². The molecule has 3 amide bonds. The molecule has 2 heterocycles. The molecule has 1 aliphatic heterocycles. The van der Waals surface area contributed by atoms with Gasteiger partial charge in [0, 0.05) is 23.9 Å². The number of likely N-dealkylation sites (tertiary alicyclic amines) is 1. The molecule has 0 radical (unpaired) electrons. The number of benzene rings is 1. The van der Waals surface area contributed by atoms with Crippen LogP contribution in [0.25, 0.3) is 10.8 Å². The van der Waals surface area contributed by atoms with Crippen molar-refractivity contribution in [2.24, 2.45) is 11.3 Å². The van der Waals surface area contributed by atoms with Gasteiger partial charge in [-0.15, -0.1) is 6.58 Å². The molecule has 0 bridgehead atoms. The van der Waals surface area contributed by atoms with Crippen molar-refractivity contribution in [3.8, 4) is 5.88 Å². The molecule has 4 unspecified atom stereocenters. The van der Waals surface area contributed by atoms with Gasteiger partial charge in [0.05, 0.1) is 17.3 Å². The molecule has 49 heavy (non-hydrogen) atoms. The van der Waals surface area contributed by atoms with Crippen molar-refractivity contribution >= 4 is 38.7 Å². The van der Waals surface area contributed by atoms with Crippen LogP contribution < -0.4 is 20.1 Å². The predicted molar refractivity (Wildman–Crippen MR) is 184 cm³/mol. The van der Waals surface area contributed by atoms with Crippen LogP contribution in [0.5, 0.6) is 5.88 Å². The molecule has 268 valence electrons. The molecule has 4 N–H and O–H groups in total. The van der Waals surface area contributed by atoms with Crippen molar-refractivity contribution in [2.75, 3.05) is 6.54 Å². The number of pyridine rings is 1. The zero-order chi connectivity index (χ0) is 36.1. The Hall–Kier alpha value is -3.75. The van der Waals surface area contributed by atoms with E-state index < -0.39 is 80.1 Å². The molecule has 3 aliphatic rings. The van der Waals surface area contributed by atoms with E-state index in [2.05, 4.69) is 26.9 Å². The first-order valence-corrected chi connectivity index (χ1v) is 18.2. The Morgan fingerprint density at radius 3 is 2.43 bits per heavy atom. The highest BCUT2D eigenvalue weighted by molar-refractivity contribution is 7.90. The van der Waals surface area contributed by atoms with Crippen molar-refractivity contribution in [3.05, 3.63) is 48.7 Å². The van der Waals surface area contributed by atoms with E-state index in [-0.39, 0.29) is 19.4 Å². The van der Waals surface area contributed by atoms with Crippen LogP contribution in [-0.2, 0) is 24.3 Å². The molecule has 2 aromatic rings. The van der Waals surface area contributed by atoms with Gasteiger partial charge in [0.15, 0.2) is 0 Å². The lowest BCUT2D eigenvalue weighted by atomic mass is 9.85. The summed E-state index contributed by atoms with van der Waals surface area (Å²) in [6.07, 6.45) is 1.48. The quantitative estimate of drug-likeness (QED) is 0.203. The number of hydrogen-bond donors (Lipinski definition) is 4. The second-order valence-corrected chi connectivity index (χ2v) is 17.5. The van der Waals surface area contributed by atoms with Crippen LogP contribution >= 0.6 is 0 Å². The minimum Gasteiger partial charge on any atom is -0.472 e. The number of alkyl carbamates (subject to hydrolysis) is 1. The zero-order valence-corrected chi connectivity index (χ0v) is 30.1. The van der Waals surface area contributed by atoms with Gasteiger partial charge in [-0.3, -0.25) is 9.59 Å². The van der Waals surface area contributed by atoms with Crippen LogP contribution in [0.3, 0.4) is 0 Å². The van der Waals surface area contributed by atoms with Crippen LogP contribution in [0.2, 0.25) is 0 Å². The molecule has 1 aromatic heterocycles. The molecular weight excluding hydrogens is 650 g/mol. The van der Waals surface area contributed by atoms with Crippen LogP contribution in [-0.4, -0.2) is 88.7 Å². The first kappa shape index (κ1) is 36.5. The van der Waals surface area contributed by atoms with E-state index in [4.69, 9.17) is 9.47 Å². The summed E-state index contributed by atoms with van der Waals surface area (Å²) in [4.78, 5) is 47.4. The predicted octanol–water partition coefficient (Wildman–Crippen LogP) is 3.29. The Kier molecular flexibility index (Phi) is 9.82. The van der Waals surface area contributed by atoms with E-state index in [0.29, 0.717) is 18.7 Å². The van der Waals surface area contributed by atoms with E-state index in [0.717, 1.165) is 16.3 Å². The van der Waals surface area contributed by atoms with Crippen LogP contribution in [0.4, 0.5) is 4.79 Å². The van der Waals surface area contributed by atoms with Gasteiger partial charge in [0.25, 0.3) is 0 Å². The third kappa shape index (κ3) is 8.02. The van der Waals surface area contributed by atoms with Crippen molar-refractivity contribution in [2.45, 2.75) is 115 Å². The van der Waals surface area contributed by atoms with Crippen molar-refractivity contribution in [3.63, 3.8) is 0 Å². The van der Waals surface area contributed by atoms with Crippen molar-refractivity contribution < 1.29 is 37.4 Å². The monoisotopic (exact) mass is 699 g/mol. The average molecular weight is 700 g/mol. The second-order valence-electron chi connectivity index (χ2n) is 15.6. The van der Waals surface area contributed by atoms with E-state index in [1.165, 1.54) is 4.90 Å². The molecule has 1 saturated heterocycles. The number of nitrogens with zero attached hydrogens (tertiary/aromatic N) is 2. The van der Waals surface area contributed by atoms with Crippen LogP contribution in [0.1, 0.15) is 72.8 Å². The molecule has 3 fully saturated rings. The minimum atomic E-state index is -3.79. The normalized spacial score (nSPS) is 25.3. The van der Waals surface area contributed by atoms with Gasteiger partial charge in [-0.2, -0.15) is 4.72 Å². The minimum absolute atomic E-state index is 0.00179. The average Bonchev–Trinajstić information content (AvgIpc) is 3.91. The number of aliphatic hydroxyl groups excluding tert-OH is 1. The second kappa shape index (κ2) is 13.2. The Labute approximate surface area is 288 Å². The first-order chi connectivity index (χ1) is 22.8. The van der Waals surface area contributed by atoms with Gasteiger partial charge in [0.1, 0.15) is 30.0 Å². The van der Waals surface area contributed by atoms with E-state index >= 15 is 0 Å². The van der Waals surface area contributed by atoms with Gasteiger partial charge in [-0.1, -0.05) is 45.0 Å². The van der Waals surface area contributed by atoms with Crippen LogP contribution in [0.15, 0.2) is 43.1 Å². The summed E-state index contributed by atoms with van der Waals surface area (Å²) < 4.78 is 39.6. The molecule has 6 atom stereocenters. The number of aliphatic hydroxyl groups is 1. The smallest absolute Gasteiger partial charge is 0.408 e. The first-order valence-electron chi connectivity index (χ1n) is 16.7. The van der Waals surface area contributed by atoms with Gasteiger partial charge in [-0.25, -0.2) is 18.2 Å². The third-order valence-corrected chi connectivity index (χ3v) is 11.2. The number of hydrogen-bond acceptors (Lipinski definition) is 9. The summed E-state index contributed by atoms with van der Waals surface area (Å²) in [6.45, 7) is 16.3. The lowest BCUT2D eigenvalue weighted by molar-refractivity contribution is -0.142. The Balaban J connectivity index is 1.45. The summed E-state index contributed by atoms with van der Waals surface area (Å²) >= 11 is 0. The summed E-state index contributed by atoms with van der Waals surface area (Å²) in [5.41, 5.74) is -1.99. The molecule has 1 aromatic carbocycles. The highest BCUT2D eigenvalue weighted by Crippen LogP contribution is 2.47. The number of carbonyl (C=O) groups excluding carboxylic acids is 3. The summed E-state index contributed by atoms with van der Waals surface area (Å²) in [6, 6.07) is 5.53. The fraction of sp³-hybridized carbons (Fsp3) is 0.600. The number of carbonyl (C=O) groups is 3. The number of nitrogens with one attached hydrogen (secondary N) is 3. The molecule has 0 spiro atoms. The van der Waals surface area contributed by atoms with Gasteiger partial charge >= 0.3 is 6.09 Å². The highest BCUT2D eigenvalue weighted by atomic mass is 32.2. The Bertz CT molecular complexity index is 1730. The number of aryl methyl sites for hydroxylation is 1. The number of ether oxygens (including phenoxy) is 2. The summed E-state index contributed by atoms with van der Waals surface area (Å²) in [5, 5.41) is 17.9. The summed E-state index contributed by atoms with van der Waals surface area (Å²) in [7, 11) is -3.79. The molecule has 5 rings (SSSR count). The van der Waals surface area contributed by atoms with Crippen molar-refractivity contribution in [1.82, 2.24) is 25.2 Å².